The number of hydrogen-bond donors (Lipinski definition) is 3. The molecule has 1 atom stereocenters. The molecule has 0 saturated carbocycles. The molecule has 0 spiro atoms. The van der Waals surface area contributed by atoms with Crippen LogP contribution in [0.5, 0.6) is 0 Å². The van der Waals surface area contributed by atoms with Gasteiger partial charge in [-0.05, 0) is 31.9 Å². The van der Waals surface area contributed by atoms with Crippen LogP contribution in [0.1, 0.15) is 30.9 Å². The van der Waals surface area contributed by atoms with Gasteiger partial charge in [-0.3, -0.25) is 0 Å². The highest BCUT2D eigenvalue weighted by Gasteiger charge is 2.15. The molecule has 4 N–H and O–H groups in total. The molecule has 0 aliphatic rings. The lowest BCUT2D eigenvalue weighted by Gasteiger charge is -2.18. The van der Waals surface area contributed by atoms with Crippen molar-refractivity contribution in [3.05, 3.63) is 34.6 Å². The number of nitrogens with two attached hydrogens (primary N) is 1. The molecule has 3 nitrogen and oxygen atoms in total. The zero-order valence-electron chi connectivity index (χ0n) is 10.3. The van der Waals surface area contributed by atoms with E-state index >= 15 is 0 Å². The predicted molar refractivity (Wildman–Crippen MR) is 72.1 cm³/mol. The smallest absolute Gasteiger partial charge is 0.146 e. The molecule has 0 aliphatic carbocycles. The molecule has 0 heterocycles. The zero-order chi connectivity index (χ0) is 13.4. The summed E-state index contributed by atoms with van der Waals surface area (Å²) in [6, 6.07) is 4.71. The average molecular weight is 275 g/mol. The highest BCUT2D eigenvalue weighted by atomic mass is 35.5. The number of aliphatic hydroxyl groups excluding tert-OH is 1. The van der Waals surface area contributed by atoms with Gasteiger partial charge in [-0.2, -0.15) is 0 Å². The van der Waals surface area contributed by atoms with Gasteiger partial charge < -0.3 is 16.2 Å². The van der Waals surface area contributed by atoms with E-state index in [-0.39, 0.29) is 17.7 Å². The molecule has 0 saturated heterocycles. The van der Waals surface area contributed by atoms with Crippen LogP contribution in [0.3, 0.4) is 0 Å². The van der Waals surface area contributed by atoms with Crippen LogP contribution in [-0.2, 0) is 0 Å². The lowest BCUT2D eigenvalue weighted by molar-refractivity contribution is 0.282. The van der Waals surface area contributed by atoms with Gasteiger partial charge in [0.1, 0.15) is 5.82 Å². The minimum atomic E-state index is -0.405. The molecule has 1 unspecified atom stereocenters. The van der Waals surface area contributed by atoms with Gasteiger partial charge in [0.05, 0.1) is 5.02 Å². The Morgan fingerprint density at radius 3 is 2.78 bits per heavy atom. The Morgan fingerprint density at radius 2 is 2.11 bits per heavy atom. The Kier molecular flexibility index (Phi) is 7.20. The summed E-state index contributed by atoms with van der Waals surface area (Å²) in [5.74, 6) is -0.405. The van der Waals surface area contributed by atoms with Crippen LogP contribution in [0.4, 0.5) is 4.39 Å². The van der Waals surface area contributed by atoms with Gasteiger partial charge in [0.15, 0.2) is 0 Å². The Labute approximate surface area is 112 Å². The molecule has 0 radical (unpaired) electrons. The van der Waals surface area contributed by atoms with E-state index in [9.17, 15) is 4.39 Å². The Morgan fingerprint density at radius 1 is 1.33 bits per heavy atom. The van der Waals surface area contributed by atoms with Crippen molar-refractivity contribution in [1.82, 2.24) is 5.32 Å². The summed E-state index contributed by atoms with van der Waals surface area (Å²) in [5, 5.41) is 12.0. The molecule has 0 aromatic heterocycles. The number of rotatable bonds is 8. The zero-order valence-corrected chi connectivity index (χ0v) is 11.1. The van der Waals surface area contributed by atoms with Crippen molar-refractivity contribution in [1.29, 1.82) is 0 Å². The maximum atomic E-state index is 13.8. The largest absolute Gasteiger partial charge is 0.396 e. The highest BCUT2D eigenvalue weighted by Crippen LogP contribution is 2.22. The third-order valence-corrected chi connectivity index (χ3v) is 3.11. The summed E-state index contributed by atoms with van der Waals surface area (Å²) < 4.78 is 13.8. The van der Waals surface area contributed by atoms with Crippen LogP contribution in [-0.4, -0.2) is 24.8 Å². The van der Waals surface area contributed by atoms with E-state index in [4.69, 9.17) is 22.4 Å². The Bertz CT molecular complexity index is 363. The van der Waals surface area contributed by atoms with E-state index in [1.807, 2.05) is 0 Å². The van der Waals surface area contributed by atoms with Crippen LogP contribution in [0, 0.1) is 5.82 Å². The lowest BCUT2D eigenvalue weighted by Crippen LogP contribution is -2.29. The van der Waals surface area contributed by atoms with Crippen molar-refractivity contribution >= 4 is 11.6 Å². The predicted octanol–water partition coefficient (Wildman–Crippen LogP) is 2.23. The minimum absolute atomic E-state index is 0.119. The average Bonchev–Trinajstić information content (AvgIpc) is 2.38. The van der Waals surface area contributed by atoms with Gasteiger partial charge in [0, 0.05) is 24.8 Å². The molecule has 0 aliphatic heterocycles. The first-order chi connectivity index (χ1) is 8.70. The number of benzene rings is 1. The fourth-order valence-electron chi connectivity index (χ4n) is 1.80. The summed E-state index contributed by atoms with van der Waals surface area (Å²) in [4.78, 5) is 0. The number of hydrogen-bond acceptors (Lipinski definition) is 3. The molecule has 1 rings (SSSR count). The van der Waals surface area contributed by atoms with Gasteiger partial charge in [0.25, 0.3) is 0 Å². The molecule has 1 aromatic rings. The second-order valence-electron chi connectivity index (χ2n) is 4.17. The molecule has 5 heteroatoms. The van der Waals surface area contributed by atoms with Crippen molar-refractivity contribution in [3.8, 4) is 0 Å². The first-order valence-electron chi connectivity index (χ1n) is 6.19. The monoisotopic (exact) mass is 274 g/mol. The Balaban J connectivity index is 2.52. The van der Waals surface area contributed by atoms with E-state index in [0.29, 0.717) is 12.1 Å². The summed E-state index contributed by atoms with van der Waals surface area (Å²) >= 11 is 5.75. The number of nitrogens with one attached hydrogen (secondary N) is 1. The lowest BCUT2D eigenvalue weighted by atomic mass is 10.1. The molecular formula is C13H20ClFN2O. The first-order valence-corrected chi connectivity index (χ1v) is 6.56. The fraction of sp³-hybridized carbons (Fsp3) is 0.538. The third-order valence-electron chi connectivity index (χ3n) is 2.82. The standard InChI is InChI=1S/C13H20ClFN2O/c14-11-6-4-5-10(13(11)15)12(9-16)17-7-2-1-3-8-18/h4-6,12,17-18H,1-3,7-9,16H2. The van der Waals surface area contributed by atoms with Crippen LogP contribution < -0.4 is 11.1 Å². The van der Waals surface area contributed by atoms with Gasteiger partial charge in [-0.25, -0.2) is 4.39 Å². The molecular weight excluding hydrogens is 255 g/mol. The maximum absolute atomic E-state index is 13.8. The molecule has 0 fully saturated rings. The summed E-state index contributed by atoms with van der Waals surface area (Å²) in [5.41, 5.74) is 6.16. The maximum Gasteiger partial charge on any atom is 0.146 e. The summed E-state index contributed by atoms with van der Waals surface area (Å²) in [7, 11) is 0. The van der Waals surface area contributed by atoms with E-state index in [1.54, 1.807) is 12.1 Å². The van der Waals surface area contributed by atoms with Gasteiger partial charge in [-0.15, -0.1) is 0 Å². The van der Waals surface area contributed by atoms with E-state index in [2.05, 4.69) is 5.32 Å². The summed E-state index contributed by atoms with van der Waals surface area (Å²) in [6.07, 6.45) is 2.67. The van der Waals surface area contributed by atoms with Gasteiger partial charge in [0.2, 0.25) is 0 Å². The number of halogens is 2. The molecule has 102 valence electrons. The van der Waals surface area contributed by atoms with Crippen molar-refractivity contribution < 1.29 is 9.50 Å². The van der Waals surface area contributed by atoms with Crippen molar-refractivity contribution in [2.75, 3.05) is 19.7 Å². The molecule has 0 amide bonds. The molecule has 1 aromatic carbocycles. The van der Waals surface area contributed by atoms with E-state index < -0.39 is 5.82 Å². The number of aliphatic hydroxyl groups is 1. The highest BCUT2D eigenvalue weighted by molar-refractivity contribution is 6.30. The first kappa shape index (κ1) is 15.4. The quantitative estimate of drug-likeness (QED) is 0.637. The third kappa shape index (κ3) is 4.53. The molecule has 0 bridgehead atoms. The molecule has 18 heavy (non-hydrogen) atoms. The van der Waals surface area contributed by atoms with Crippen molar-refractivity contribution in [2.24, 2.45) is 5.73 Å². The van der Waals surface area contributed by atoms with Crippen LogP contribution in [0.2, 0.25) is 5.02 Å². The topological polar surface area (TPSA) is 58.3 Å². The Hall–Kier alpha value is -0.680. The normalized spacial score (nSPS) is 12.7. The second kappa shape index (κ2) is 8.43. The summed E-state index contributed by atoms with van der Waals surface area (Å²) in [6.45, 7) is 1.27. The SMILES string of the molecule is NCC(NCCCCCO)c1cccc(Cl)c1F. The van der Waals surface area contributed by atoms with E-state index in [0.717, 1.165) is 25.8 Å². The van der Waals surface area contributed by atoms with Gasteiger partial charge in [-0.1, -0.05) is 23.7 Å². The van der Waals surface area contributed by atoms with E-state index in [1.165, 1.54) is 6.07 Å². The van der Waals surface area contributed by atoms with Crippen LogP contribution in [0.15, 0.2) is 18.2 Å². The number of unbranched alkanes of at least 4 members (excludes halogenated alkanes) is 2. The van der Waals surface area contributed by atoms with Gasteiger partial charge >= 0.3 is 0 Å². The fourth-order valence-corrected chi connectivity index (χ4v) is 1.98. The van der Waals surface area contributed by atoms with Crippen LogP contribution >= 0.6 is 11.6 Å². The van der Waals surface area contributed by atoms with Crippen molar-refractivity contribution in [2.45, 2.75) is 25.3 Å². The second-order valence-corrected chi connectivity index (χ2v) is 4.58. The van der Waals surface area contributed by atoms with Crippen LogP contribution in [0.25, 0.3) is 0 Å². The van der Waals surface area contributed by atoms with Crippen molar-refractivity contribution in [3.63, 3.8) is 0 Å². The minimum Gasteiger partial charge on any atom is -0.396 e.